The van der Waals surface area contributed by atoms with Crippen molar-refractivity contribution in [2.75, 3.05) is 20.2 Å². The number of carbonyl (C=O) groups is 1. The molecule has 0 aliphatic carbocycles. The number of methoxy groups -OCH3 is 1. The summed E-state index contributed by atoms with van der Waals surface area (Å²) in [5.41, 5.74) is 1.54. The van der Waals surface area contributed by atoms with E-state index in [1.807, 2.05) is 41.3 Å². The third kappa shape index (κ3) is 3.91. The predicted molar refractivity (Wildman–Crippen MR) is 104 cm³/mol. The fraction of sp³-hybridized carbons (Fsp3) is 0.318. The molecule has 2 aromatic heterocycles. The molecule has 1 aliphatic rings. The zero-order valence-electron chi connectivity index (χ0n) is 15.9. The Bertz CT molecular complexity index is 939. The molecule has 3 aromatic rings. The third-order valence-electron chi connectivity index (χ3n) is 5.07. The fourth-order valence-corrected chi connectivity index (χ4v) is 3.64. The monoisotopic (exact) mass is 377 g/mol. The Hall–Kier alpha value is -3.15. The molecule has 1 atom stereocenters. The van der Waals surface area contributed by atoms with Crippen molar-refractivity contribution in [3.63, 3.8) is 0 Å². The zero-order valence-corrected chi connectivity index (χ0v) is 15.9. The van der Waals surface area contributed by atoms with Gasteiger partial charge in [0.15, 0.2) is 5.89 Å². The quantitative estimate of drug-likeness (QED) is 0.678. The van der Waals surface area contributed by atoms with Crippen molar-refractivity contribution in [3.8, 4) is 5.75 Å². The molecular weight excluding hydrogens is 354 g/mol. The van der Waals surface area contributed by atoms with Crippen LogP contribution in [0.25, 0.3) is 0 Å². The second kappa shape index (κ2) is 8.25. The van der Waals surface area contributed by atoms with Crippen molar-refractivity contribution < 1.29 is 13.9 Å². The Morgan fingerprint density at radius 3 is 2.89 bits per heavy atom. The molecule has 1 fully saturated rings. The van der Waals surface area contributed by atoms with E-state index in [-0.39, 0.29) is 11.8 Å². The van der Waals surface area contributed by atoms with Gasteiger partial charge in [-0.25, -0.2) is 4.98 Å². The van der Waals surface area contributed by atoms with Crippen molar-refractivity contribution >= 4 is 5.91 Å². The normalized spacial score (nSPS) is 16.8. The van der Waals surface area contributed by atoms with Crippen LogP contribution in [0, 0.1) is 0 Å². The maximum Gasteiger partial charge on any atom is 0.272 e. The van der Waals surface area contributed by atoms with Gasteiger partial charge in [0.1, 0.15) is 17.2 Å². The molecule has 0 spiro atoms. The standard InChI is InChI=1S/C22H23N3O3/c1-27-20-10-3-2-7-16(20)13-18-14-24-21(28-18)17-8-6-12-25(15-17)22(26)19-9-4-5-11-23-19/h2-5,7,9-11,14,17H,6,8,12-13,15H2,1H3. The molecule has 6 heteroatoms. The van der Waals surface area contributed by atoms with Gasteiger partial charge in [0.05, 0.1) is 19.2 Å². The molecule has 0 saturated carbocycles. The summed E-state index contributed by atoms with van der Waals surface area (Å²) in [6, 6.07) is 13.3. The number of pyridine rings is 1. The van der Waals surface area contributed by atoms with Gasteiger partial charge >= 0.3 is 0 Å². The molecule has 1 aromatic carbocycles. The lowest BCUT2D eigenvalue weighted by atomic mass is 9.97. The molecule has 0 N–H and O–H groups in total. The Labute approximate surface area is 164 Å². The highest BCUT2D eigenvalue weighted by atomic mass is 16.5. The molecule has 6 nitrogen and oxygen atoms in total. The van der Waals surface area contributed by atoms with Gasteiger partial charge in [-0.05, 0) is 31.0 Å². The van der Waals surface area contributed by atoms with E-state index in [1.54, 1.807) is 25.6 Å². The number of ether oxygens (including phenoxy) is 1. The Kier molecular flexibility index (Phi) is 5.37. The lowest BCUT2D eigenvalue weighted by molar-refractivity contribution is 0.0692. The molecule has 0 radical (unpaired) electrons. The van der Waals surface area contributed by atoms with Crippen LogP contribution in [0.15, 0.2) is 59.3 Å². The van der Waals surface area contributed by atoms with Gasteiger partial charge in [-0.15, -0.1) is 0 Å². The Morgan fingerprint density at radius 2 is 2.07 bits per heavy atom. The maximum absolute atomic E-state index is 12.7. The highest BCUT2D eigenvalue weighted by molar-refractivity contribution is 5.92. The van der Waals surface area contributed by atoms with E-state index < -0.39 is 0 Å². The van der Waals surface area contributed by atoms with Crippen molar-refractivity contribution in [2.24, 2.45) is 0 Å². The smallest absolute Gasteiger partial charge is 0.272 e. The lowest BCUT2D eigenvalue weighted by Crippen LogP contribution is -2.39. The molecule has 144 valence electrons. The van der Waals surface area contributed by atoms with Crippen LogP contribution in [0.5, 0.6) is 5.75 Å². The van der Waals surface area contributed by atoms with E-state index in [1.165, 1.54) is 0 Å². The van der Waals surface area contributed by atoms with E-state index in [2.05, 4.69) is 9.97 Å². The minimum atomic E-state index is -0.0360. The first-order chi connectivity index (χ1) is 13.7. The largest absolute Gasteiger partial charge is 0.496 e. The molecular formula is C22H23N3O3. The average molecular weight is 377 g/mol. The van der Waals surface area contributed by atoms with Crippen molar-refractivity contribution in [3.05, 3.63) is 77.8 Å². The van der Waals surface area contributed by atoms with Gasteiger partial charge in [-0.3, -0.25) is 9.78 Å². The molecule has 1 unspecified atom stereocenters. The SMILES string of the molecule is COc1ccccc1Cc1cnc(C2CCCN(C(=O)c3ccccn3)C2)o1. The summed E-state index contributed by atoms with van der Waals surface area (Å²) in [5.74, 6) is 2.40. The molecule has 28 heavy (non-hydrogen) atoms. The average Bonchev–Trinajstić information content (AvgIpc) is 3.23. The van der Waals surface area contributed by atoms with Gasteiger partial charge in [0, 0.05) is 31.3 Å². The van der Waals surface area contributed by atoms with Crippen molar-refractivity contribution in [2.45, 2.75) is 25.2 Å². The highest BCUT2D eigenvalue weighted by Crippen LogP contribution is 2.29. The van der Waals surface area contributed by atoms with Crippen molar-refractivity contribution in [1.29, 1.82) is 0 Å². The Balaban J connectivity index is 1.45. The third-order valence-corrected chi connectivity index (χ3v) is 5.07. The van der Waals surface area contributed by atoms with E-state index >= 15 is 0 Å². The first-order valence-corrected chi connectivity index (χ1v) is 9.51. The number of amides is 1. The van der Waals surface area contributed by atoms with E-state index in [4.69, 9.17) is 9.15 Å². The molecule has 1 amide bonds. The van der Waals surface area contributed by atoms with Crippen LogP contribution in [0.1, 0.15) is 46.5 Å². The summed E-state index contributed by atoms with van der Waals surface area (Å²) in [5, 5.41) is 0. The Morgan fingerprint density at radius 1 is 1.21 bits per heavy atom. The second-order valence-corrected chi connectivity index (χ2v) is 6.96. The maximum atomic E-state index is 12.7. The molecule has 1 aliphatic heterocycles. The number of oxazole rings is 1. The summed E-state index contributed by atoms with van der Waals surface area (Å²) in [4.78, 5) is 23.2. The van der Waals surface area contributed by atoms with Crippen LogP contribution in [0.2, 0.25) is 0 Å². The van der Waals surface area contributed by atoms with Gasteiger partial charge < -0.3 is 14.1 Å². The van der Waals surface area contributed by atoms with E-state index in [0.717, 1.165) is 36.5 Å². The summed E-state index contributed by atoms with van der Waals surface area (Å²) >= 11 is 0. The predicted octanol–water partition coefficient (Wildman–Crippen LogP) is 3.69. The van der Waals surface area contributed by atoms with Crippen LogP contribution in [0.3, 0.4) is 0 Å². The van der Waals surface area contributed by atoms with Crippen molar-refractivity contribution in [1.82, 2.24) is 14.9 Å². The number of likely N-dealkylation sites (tertiary alicyclic amines) is 1. The van der Waals surface area contributed by atoms with E-state index in [9.17, 15) is 4.79 Å². The number of rotatable bonds is 5. The molecule has 1 saturated heterocycles. The number of hydrogen-bond acceptors (Lipinski definition) is 5. The van der Waals surface area contributed by atoms with Gasteiger partial charge in [0.2, 0.25) is 0 Å². The minimum absolute atomic E-state index is 0.0360. The molecule has 3 heterocycles. The highest BCUT2D eigenvalue weighted by Gasteiger charge is 2.28. The minimum Gasteiger partial charge on any atom is -0.496 e. The van der Waals surface area contributed by atoms with Crippen LogP contribution in [-0.4, -0.2) is 41.0 Å². The second-order valence-electron chi connectivity index (χ2n) is 6.96. The number of para-hydroxylation sites is 1. The first kappa shape index (κ1) is 18.2. The number of nitrogens with zero attached hydrogens (tertiary/aromatic N) is 3. The van der Waals surface area contributed by atoms with Crippen LogP contribution in [-0.2, 0) is 6.42 Å². The molecule has 4 rings (SSSR count). The molecule has 0 bridgehead atoms. The summed E-state index contributed by atoms with van der Waals surface area (Å²) in [7, 11) is 1.67. The summed E-state index contributed by atoms with van der Waals surface area (Å²) in [6.07, 6.45) is 5.93. The lowest BCUT2D eigenvalue weighted by Gasteiger charge is -2.31. The topological polar surface area (TPSA) is 68.5 Å². The fourth-order valence-electron chi connectivity index (χ4n) is 3.64. The van der Waals surface area contributed by atoms with Crippen LogP contribution < -0.4 is 4.74 Å². The number of aromatic nitrogens is 2. The number of benzene rings is 1. The number of carbonyl (C=O) groups excluding carboxylic acids is 1. The summed E-state index contributed by atoms with van der Waals surface area (Å²) < 4.78 is 11.5. The van der Waals surface area contributed by atoms with Gasteiger partial charge in [0.25, 0.3) is 5.91 Å². The zero-order chi connectivity index (χ0) is 19.3. The van der Waals surface area contributed by atoms with Gasteiger partial charge in [-0.2, -0.15) is 0 Å². The van der Waals surface area contributed by atoms with Gasteiger partial charge in [-0.1, -0.05) is 24.3 Å². The van der Waals surface area contributed by atoms with Crippen LogP contribution >= 0.6 is 0 Å². The van der Waals surface area contributed by atoms with Crippen LogP contribution in [0.4, 0.5) is 0 Å². The van der Waals surface area contributed by atoms with E-state index in [0.29, 0.717) is 24.6 Å². The number of hydrogen-bond donors (Lipinski definition) is 0. The first-order valence-electron chi connectivity index (χ1n) is 9.51. The number of piperidine rings is 1. The summed E-state index contributed by atoms with van der Waals surface area (Å²) in [6.45, 7) is 1.34.